The van der Waals surface area contributed by atoms with Gasteiger partial charge < -0.3 is 9.47 Å². The van der Waals surface area contributed by atoms with Crippen molar-refractivity contribution in [2.24, 2.45) is 0 Å². The molecule has 0 aromatic heterocycles. The highest BCUT2D eigenvalue weighted by Crippen LogP contribution is 2.34. The molecule has 0 aliphatic carbocycles. The van der Waals surface area contributed by atoms with E-state index in [9.17, 15) is 16.8 Å². The van der Waals surface area contributed by atoms with Crippen LogP contribution >= 0.6 is 11.6 Å². The van der Waals surface area contributed by atoms with Crippen LogP contribution in [0, 0.1) is 0 Å². The maximum absolute atomic E-state index is 12.8. The molecule has 2 aromatic rings. The molecule has 1 heterocycles. The number of hydrogen-bond acceptors (Lipinski definition) is 6. The van der Waals surface area contributed by atoms with Crippen molar-refractivity contribution in [1.82, 2.24) is 0 Å². The standard InChI is InChI=1S/C17H19ClN2O6S2/c1-25-13-5-7-16(26-2)17(11-13)28(23,24)19-15-6-4-12(10-14(15)18)20-8-3-9-27(20,21)22/h4-7,10-11,19H,3,8-9H2,1-2H3. The molecule has 1 aliphatic heterocycles. The number of nitrogens with zero attached hydrogens (tertiary/aromatic N) is 1. The summed E-state index contributed by atoms with van der Waals surface area (Å²) in [5.41, 5.74) is 0.510. The van der Waals surface area contributed by atoms with Gasteiger partial charge in [-0.1, -0.05) is 11.6 Å². The zero-order chi connectivity index (χ0) is 20.5. The van der Waals surface area contributed by atoms with Gasteiger partial charge in [0.2, 0.25) is 10.0 Å². The minimum absolute atomic E-state index is 0.0741. The molecule has 28 heavy (non-hydrogen) atoms. The average Bonchev–Trinajstić information content (AvgIpc) is 3.01. The van der Waals surface area contributed by atoms with Gasteiger partial charge in [0.15, 0.2) is 0 Å². The van der Waals surface area contributed by atoms with E-state index in [1.54, 1.807) is 6.07 Å². The van der Waals surface area contributed by atoms with Gasteiger partial charge in [0.25, 0.3) is 10.0 Å². The molecule has 1 saturated heterocycles. The Bertz CT molecular complexity index is 1100. The van der Waals surface area contributed by atoms with Gasteiger partial charge >= 0.3 is 0 Å². The zero-order valence-electron chi connectivity index (χ0n) is 15.2. The van der Waals surface area contributed by atoms with Crippen molar-refractivity contribution in [3.63, 3.8) is 0 Å². The second-order valence-corrected chi connectivity index (χ2v) is 10.1. The molecule has 11 heteroatoms. The number of sulfonamides is 2. The molecule has 0 radical (unpaired) electrons. The minimum atomic E-state index is -4.04. The molecule has 0 spiro atoms. The lowest BCUT2D eigenvalue weighted by molar-refractivity contribution is 0.392. The summed E-state index contributed by atoms with van der Waals surface area (Å²) in [4.78, 5) is -0.114. The number of anilines is 2. The highest BCUT2D eigenvalue weighted by Gasteiger charge is 2.29. The van der Waals surface area contributed by atoms with Crippen LogP contribution in [0.3, 0.4) is 0 Å². The molecule has 1 aliphatic rings. The van der Waals surface area contributed by atoms with Gasteiger partial charge in [0.05, 0.1) is 36.4 Å². The molecule has 1 fully saturated rings. The Hall–Kier alpha value is -2.17. The van der Waals surface area contributed by atoms with Crippen LogP contribution in [0.25, 0.3) is 0 Å². The molecule has 8 nitrogen and oxygen atoms in total. The summed E-state index contributed by atoms with van der Waals surface area (Å²) < 4.78 is 63.6. The maximum atomic E-state index is 12.8. The van der Waals surface area contributed by atoms with Crippen LogP contribution in [0.2, 0.25) is 5.02 Å². The van der Waals surface area contributed by atoms with E-state index in [1.807, 2.05) is 0 Å². The van der Waals surface area contributed by atoms with Crippen LogP contribution in [0.1, 0.15) is 6.42 Å². The molecule has 1 N–H and O–H groups in total. The topological polar surface area (TPSA) is 102 Å². The van der Waals surface area contributed by atoms with E-state index in [0.717, 1.165) is 0 Å². The Kier molecular flexibility index (Phi) is 5.64. The quantitative estimate of drug-likeness (QED) is 0.731. The lowest BCUT2D eigenvalue weighted by atomic mass is 10.3. The number of hydrogen-bond donors (Lipinski definition) is 1. The summed E-state index contributed by atoms with van der Waals surface area (Å²) in [6.45, 7) is 0.366. The summed E-state index contributed by atoms with van der Waals surface area (Å²) in [7, 11) is -4.61. The van der Waals surface area contributed by atoms with Crippen molar-refractivity contribution in [3.05, 3.63) is 41.4 Å². The first-order chi connectivity index (χ1) is 13.2. The fourth-order valence-electron chi connectivity index (χ4n) is 2.87. The van der Waals surface area contributed by atoms with E-state index in [-0.39, 0.29) is 27.1 Å². The number of rotatable bonds is 6. The predicted molar refractivity (Wildman–Crippen MR) is 108 cm³/mol. The molecule has 0 unspecified atom stereocenters. The second kappa shape index (κ2) is 7.69. The number of nitrogens with one attached hydrogen (secondary N) is 1. The predicted octanol–water partition coefficient (Wildman–Crippen LogP) is 2.70. The summed E-state index contributed by atoms with van der Waals surface area (Å²) >= 11 is 6.22. The molecule has 0 amide bonds. The van der Waals surface area contributed by atoms with Crippen molar-refractivity contribution in [3.8, 4) is 11.5 Å². The van der Waals surface area contributed by atoms with Gasteiger partial charge in [0, 0.05) is 12.6 Å². The fraction of sp³-hybridized carbons (Fsp3) is 0.294. The Morgan fingerprint density at radius 2 is 1.86 bits per heavy atom. The van der Waals surface area contributed by atoms with Crippen molar-refractivity contribution in [2.45, 2.75) is 11.3 Å². The molecular formula is C17H19ClN2O6S2. The Balaban J connectivity index is 1.93. The highest BCUT2D eigenvalue weighted by atomic mass is 35.5. The van der Waals surface area contributed by atoms with E-state index in [2.05, 4.69) is 4.72 Å². The van der Waals surface area contributed by atoms with E-state index < -0.39 is 20.0 Å². The SMILES string of the molecule is COc1ccc(OC)c(S(=O)(=O)Nc2ccc(N3CCCS3(=O)=O)cc2Cl)c1. The van der Waals surface area contributed by atoms with Gasteiger partial charge in [0.1, 0.15) is 16.4 Å². The Morgan fingerprint density at radius 1 is 1.11 bits per heavy atom. The minimum Gasteiger partial charge on any atom is -0.497 e. The first kappa shape index (κ1) is 20.6. The van der Waals surface area contributed by atoms with Gasteiger partial charge in [-0.05, 0) is 36.8 Å². The van der Waals surface area contributed by atoms with Gasteiger partial charge in [-0.3, -0.25) is 9.03 Å². The molecule has 0 atom stereocenters. The van der Waals surface area contributed by atoms with E-state index in [1.165, 1.54) is 48.9 Å². The normalized spacial score (nSPS) is 16.0. The van der Waals surface area contributed by atoms with Gasteiger partial charge in [-0.15, -0.1) is 0 Å². The maximum Gasteiger partial charge on any atom is 0.265 e. The third-order valence-electron chi connectivity index (χ3n) is 4.24. The first-order valence-corrected chi connectivity index (χ1v) is 11.7. The van der Waals surface area contributed by atoms with Crippen LogP contribution < -0.4 is 18.5 Å². The summed E-state index contributed by atoms with van der Waals surface area (Å²) in [5, 5.41) is 0.0741. The van der Waals surface area contributed by atoms with E-state index in [0.29, 0.717) is 24.4 Å². The molecule has 152 valence electrons. The molecular weight excluding hydrogens is 428 g/mol. The number of benzene rings is 2. The molecule has 0 saturated carbocycles. The first-order valence-electron chi connectivity index (χ1n) is 8.23. The number of ether oxygens (including phenoxy) is 2. The zero-order valence-corrected chi connectivity index (χ0v) is 17.6. The van der Waals surface area contributed by atoms with Crippen molar-refractivity contribution in [2.75, 3.05) is 35.5 Å². The lowest BCUT2D eigenvalue weighted by Gasteiger charge is -2.18. The largest absolute Gasteiger partial charge is 0.497 e. The van der Waals surface area contributed by atoms with Crippen LogP contribution in [-0.4, -0.2) is 43.4 Å². The molecule has 3 rings (SSSR count). The van der Waals surface area contributed by atoms with Crippen molar-refractivity contribution in [1.29, 1.82) is 0 Å². The number of methoxy groups -OCH3 is 2. The molecule has 2 aromatic carbocycles. The third kappa shape index (κ3) is 3.98. The van der Waals surface area contributed by atoms with Crippen LogP contribution in [0.15, 0.2) is 41.3 Å². The monoisotopic (exact) mass is 446 g/mol. The van der Waals surface area contributed by atoms with E-state index >= 15 is 0 Å². The highest BCUT2D eigenvalue weighted by molar-refractivity contribution is 7.93. The van der Waals surface area contributed by atoms with Crippen LogP contribution in [0.4, 0.5) is 11.4 Å². The lowest BCUT2D eigenvalue weighted by Crippen LogP contribution is -2.25. The number of halogens is 1. The molecule has 0 bridgehead atoms. The summed E-state index contributed by atoms with van der Waals surface area (Å²) in [5.74, 6) is 0.570. The second-order valence-electron chi connectivity index (χ2n) is 6.03. The Labute approximate surface area is 169 Å². The third-order valence-corrected chi connectivity index (χ3v) is 7.81. The Morgan fingerprint density at radius 3 is 2.43 bits per heavy atom. The van der Waals surface area contributed by atoms with Crippen LogP contribution in [-0.2, 0) is 20.0 Å². The van der Waals surface area contributed by atoms with Crippen LogP contribution in [0.5, 0.6) is 11.5 Å². The van der Waals surface area contributed by atoms with Gasteiger partial charge in [-0.25, -0.2) is 16.8 Å². The smallest absolute Gasteiger partial charge is 0.265 e. The fourth-order valence-corrected chi connectivity index (χ4v) is 5.96. The van der Waals surface area contributed by atoms with Crippen molar-refractivity contribution < 1.29 is 26.3 Å². The van der Waals surface area contributed by atoms with E-state index in [4.69, 9.17) is 21.1 Å². The summed E-state index contributed by atoms with van der Waals surface area (Å²) in [6, 6.07) is 8.75. The van der Waals surface area contributed by atoms with Crippen molar-refractivity contribution >= 4 is 43.0 Å². The summed E-state index contributed by atoms with van der Waals surface area (Å²) in [6.07, 6.45) is 0.532. The van der Waals surface area contributed by atoms with Gasteiger partial charge in [-0.2, -0.15) is 0 Å². The average molecular weight is 447 g/mol.